The zero-order valence-corrected chi connectivity index (χ0v) is 22.7. The molecule has 3 heterocycles. The maximum absolute atomic E-state index is 13.7. The van der Waals surface area contributed by atoms with Gasteiger partial charge in [0.15, 0.2) is 5.13 Å². The van der Waals surface area contributed by atoms with E-state index in [1.807, 2.05) is 25.1 Å². The number of amides is 1. The van der Waals surface area contributed by atoms with Crippen LogP contribution >= 0.6 is 11.3 Å². The van der Waals surface area contributed by atoms with Gasteiger partial charge >= 0.3 is 0 Å². The van der Waals surface area contributed by atoms with E-state index in [0.717, 1.165) is 54.5 Å². The third kappa shape index (κ3) is 5.82. The molecule has 0 aliphatic carbocycles. The second kappa shape index (κ2) is 11.5. The number of benzene rings is 2. The van der Waals surface area contributed by atoms with Crippen LogP contribution < -0.4 is 9.64 Å². The lowest BCUT2D eigenvalue weighted by molar-refractivity contribution is 0.0917. The van der Waals surface area contributed by atoms with E-state index in [0.29, 0.717) is 43.5 Å². The number of nitrogens with zero attached hydrogens (tertiary/aromatic N) is 3. The van der Waals surface area contributed by atoms with E-state index in [1.54, 1.807) is 33.5 Å². The Kier molecular flexibility index (Phi) is 8.09. The molecule has 5 rings (SSSR count). The molecule has 37 heavy (non-hydrogen) atoms. The fraction of sp³-hybridized carbons (Fsp3) is 0.481. The molecule has 1 amide bonds. The third-order valence-corrected chi connectivity index (χ3v) is 9.80. The lowest BCUT2D eigenvalue weighted by Gasteiger charge is -2.23. The molecule has 3 aromatic rings. The highest BCUT2D eigenvalue weighted by Gasteiger charge is 2.29. The monoisotopic (exact) mass is 543 g/mol. The first-order chi connectivity index (χ1) is 18.0. The number of ether oxygens (including phenoxy) is 2. The van der Waals surface area contributed by atoms with Gasteiger partial charge in [-0.1, -0.05) is 24.2 Å². The minimum Gasteiger partial charge on any atom is -0.494 e. The van der Waals surface area contributed by atoms with Gasteiger partial charge in [-0.25, -0.2) is 13.4 Å². The molecule has 2 aliphatic heterocycles. The van der Waals surface area contributed by atoms with Gasteiger partial charge in [0.1, 0.15) is 5.75 Å². The molecule has 1 atom stereocenters. The van der Waals surface area contributed by atoms with Crippen molar-refractivity contribution in [2.75, 3.05) is 37.7 Å². The Morgan fingerprint density at radius 3 is 2.54 bits per heavy atom. The molecule has 2 aliphatic rings. The van der Waals surface area contributed by atoms with Crippen LogP contribution in [0.3, 0.4) is 0 Å². The molecule has 2 aromatic carbocycles. The number of carbonyl (C=O) groups excluding carboxylic acids is 1. The average molecular weight is 544 g/mol. The van der Waals surface area contributed by atoms with Crippen LogP contribution in [0.1, 0.15) is 55.8 Å². The highest BCUT2D eigenvalue weighted by Crippen LogP contribution is 2.33. The zero-order valence-electron chi connectivity index (χ0n) is 21.1. The van der Waals surface area contributed by atoms with Gasteiger partial charge in [-0.05, 0) is 75.1 Å². The molecule has 2 fully saturated rings. The molecule has 198 valence electrons. The van der Waals surface area contributed by atoms with Crippen LogP contribution in [0.4, 0.5) is 5.13 Å². The first kappa shape index (κ1) is 26.1. The van der Waals surface area contributed by atoms with E-state index in [9.17, 15) is 13.2 Å². The van der Waals surface area contributed by atoms with E-state index in [1.165, 1.54) is 11.3 Å². The number of thiazole rings is 1. The maximum atomic E-state index is 13.7. The van der Waals surface area contributed by atoms with Crippen LogP contribution in [0.2, 0.25) is 0 Å². The maximum Gasteiger partial charge on any atom is 0.260 e. The number of sulfonamides is 1. The Hall–Kier alpha value is -2.53. The van der Waals surface area contributed by atoms with E-state index in [4.69, 9.17) is 14.5 Å². The molecular weight excluding hydrogens is 510 g/mol. The van der Waals surface area contributed by atoms with Gasteiger partial charge in [0.25, 0.3) is 5.91 Å². The highest BCUT2D eigenvalue weighted by atomic mass is 32.2. The Morgan fingerprint density at radius 1 is 1.11 bits per heavy atom. The third-order valence-electron chi connectivity index (χ3n) is 6.85. The fourth-order valence-corrected chi connectivity index (χ4v) is 7.38. The molecule has 8 nitrogen and oxygen atoms in total. The molecule has 2 saturated heterocycles. The number of hydrogen-bond donors (Lipinski definition) is 0. The minimum atomic E-state index is -3.58. The first-order valence-electron chi connectivity index (χ1n) is 13.0. The Labute approximate surface area is 222 Å². The van der Waals surface area contributed by atoms with Gasteiger partial charge in [-0.3, -0.25) is 9.69 Å². The molecule has 0 bridgehead atoms. The molecular formula is C27H33N3O5S2. The number of anilines is 1. The lowest BCUT2D eigenvalue weighted by Crippen LogP contribution is -2.37. The molecule has 0 N–H and O–H groups in total. The fourth-order valence-electron chi connectivity index (χ4n) is 4.86. The van der Waals surface area contributed by atoms with Crippen LogP contribution in [-0.2, 0) is 14.8 Å². The van der Waals surface area contributed by atoms with Gasteiger partial charge < -0.3 is 9.47 Å². The predicted octanol–water partition coefficient (Wildman–Crippen LogP) is 5.09. The molecule has 1 unspecified atom stereocenters. The summed E-state index contributed by atoms with van der Waals surface area (Å²) in [7, 11) is -3.58. The van der Waals surface area contributed by atoms with Gasteiger partial charge in [0, 0.05) is 25.3 Å². The van der Waals surface area contributed by atoms with Crippen molar-refractivity contribution in [2.45, 2.75) is 56.4 Å². The Bertz CT molecular complexity index is 1330. The summed E-state index contributed by atoms with van der Waals surface area (Å²) in [5, 5.41) is 0.588. The van der Waals surface area contributed by atoms with Crippen LogP contribution in [0.5, 0.6) is 5.75 Å². The van der Waals surface area contributed by atoms with Crippen LogP contribution in [0.25, 0.3) is 10.2 Å². The lowest BCUT2D eigenvalue weighted by atomic mass is 10.2. The number of rotatable bonds is 8. The summed E-state index contributed by atoms with van der Waals surface area (Å²) in [6.07, 6.45) is 5.66. The van der Waals surface area contributed by atoms with Crippen molar-refractivity contribution in [1.29, 1.82) is 0 Å². The quantitative estimate of drug-likeness (QED) is 0.393. The topological polar surface area (TPSA) is 89.0 Å². The van der Waals surface area contributed by atoms with Crippen LogP contribution in [0.15, 0.2) is 47.4 Å². The number of aromatic nitrogens is 1. The summed E-state index contributed by atoms with van der Waals surface area (Å²) < 4.78 is 40.3. The van der Waals surface area contributed by atoms with E-state index in [-0.39, 0.29) is 16.9 Å². The SMILES string of the molecule is CCOc1ccc2nc(N(CC3CCCO3)C(=O)c3ccc(S(=O)(=O)N4CCCCCC4)cc3)sc2c1. The van der Waals surface area contributed by atoms with Gasteiger partial charge in [0.2, 0.25) is 10.0 Å². The number of hydrogen-bond acceptors (Lipinski definition) is 7. The second-order valence-electron chi connectivity index (χ2n) is 9.45. The Balaban J connectivity index is 1.42. The van der Waals surface area contributed by atoms with Crippen LogP contribution in [0, 0.1) is 0 Å². The molecule has 0 spiro atoms. The average Bonchev–Trinajstić information content (AvgIpc) is 3.48. The van der Waals surface area contributed by atoms with Crippen LogP contribution in [-0.4, -0.2) is 62.6 Å². The standard InChI is InChI=1S/C27H33N3O5S2/c1-2-34-21-11-14-24-25(18-21)36-27(28-24)30(19-22-8-7-17-35-22)26(31)20-9-12-23(13-10-20)37(32,33)29-15-5-3-4-6-16-29/h9-14,18,22H,2-8,15-17,19H2,1H3. The smallest absolute Gasteiger partial charge is 0.260 e. The minimum absolute atomic E-state index is 0.0577. The number of fused-ring (bicyclic) bond motifs is 1. The summed E-state index contributed by atoms with van der Waals surface area (Å²) in [6.45, 7) is 4.68. The highest BCUT2D eigenvalue weighted by molar-refractivity contribution is 7.89. The van der Waals surface area contributed by atoms with Crippen molar-refractivity contribution < 1.29 is 22.7 Å². The van der Waals surface area contributed by atoms with Crippen molar-refractivity contribution >= 4 is 42.6 Å². The predicted molar refractivity (Wildman–Crippen MR) is 145 cm³/mol. The molecule has 1 aromatic heterocycles. The summed E-state index contributed by atoms with van der Waals surface area (Å²) in [4.78, 5) is 20.4. The zero-order chi connectivity index (χ0) is 25.8. The Morgan fingerprint density at radius 2 is 1.86 bits per heavy atom. The normalized spacial score (nSPS) is 19.1. The van der Waals surface area contributed by atoms with Gasteiger partial charge in [-0.15, -0.1) is 0 Å². The second-order valence-corrected chi connectivity index (χ2v) is 12.4. The largest absolute Gasteiger partial charge is 0.494 e. The van der Waals surface area contributed by atoms with E-state index < -0.39 is 10.0 Å². The number of carbonyl (C=O) groups is 1. The summed E-state index contributed by atoms with van der Waals surface area (Å²) in [6, 6.07) is 12.0. The summed E-state index contributed by atoms with van der Waals surface area (Å²) in [5.74, 6) is 0.543. The van der Waals surface area contributed by atoms with Crippen molar-refractivity contribution in [3.8, 4) is 5.75 Å². The van der Waals surface area contributed by atoms with Crippen molar-refractivity contribution in [1.82, 2.24) is 9.29 Å². The van der Waals surface area contributed by atoms with Crippen molar-refractivity contribution in [3.63, 3.8) is 0 Å². The molecule has 10 heteroatoms. The van der Waals surface area contributed by atoms with E-state index in [2.05, 4.69) is 0 Å². The van der Waals surface area contributed by atoms with Crippen molar-refractivity contribution in [2.24, 2.45) is 0 Å². The summed E-state index contributed by atoms with van der Waals surface area (Å²) in [5.41, 5.74) is 1.22. The van der Waals surface area contributed by atoms with Crippen molar-refractivity contribution in [3.05, 3.63) is 48.0 Å². The van der Waals surface area contributed by atoms with Gasteiger partial charge in [0.05, 0.1) is 34.4 Å². The van der Waals surface area contributed by atoms with E-state index >= 15 is 0 Å². The molecule has 0 radical (unpaired) electrons. The molecule has 0 saturated carbocycles. The summed E-state index contributed by atoms with van der Waals surface area (Å²) >= 11 is 1.44. The van der Waals surface area contributed by atoms with Gasteiger partial charge in [-0.2, -0.15) is 4.31 Å². The first-order valence-corrected chi connectivity index (χ1v) is 15.3.